The fraction of sp³-hybridized carbons (Fsp3) is 0.118. The fourth-order valence-electron chi connectivity index (χ4n) is 2.57. The van der Waals surface area contributed by atoms with Crippen molar-refractivity contribution in [2.75, 3.05) is 5.73 Å². The fourth-order valence-corrected chi connectivity index (χ4v) is 2.57. The first kappa shape index (κ1) is 13.4. The molecule has 0 fully saturated rings. The summed E-state index contributed by atoms with van der Waals surface area (Å²) in [4.78, 5) is 0. The SMILES string of the molecule is Cc1cccc(C)c1-c1onc(N)c1-c1cccc(F)c1. The predicted molar refractivity (Wildman–Crippen MR) is 81.2 cm³/mol. The second-order valence-electron chi connectivity index (χ2n) is 5.05. The van der Waals surface area contributed by atoms with Gasteiger partial charge >= 0.3 is 0 Å². The smallest absolute Gasteiger partial charge is 0.177 e. The molecular formula is C17H15FN2O. The Morgan fingerprint density at radius 2 is 1.67 bits per heavy atom. The molecule has 1 aromatic heterocycles. The average molecular weight is 282 g/mol. The zero-order valence-corrected chi connectivity index (χ0v) is 11.9. The molecule has 3 nitrogen and oxygen atoms in total. The van der Waals surface area contributed by atoms with Gasteiger partial charge in [0.15, 0.2) is 11.6 Å². The lowest BCUT2D eigenvalue weighted by molar-refractivity contribution is 0.435. The first-order chi connectivity index (χ1) is 10.1. The maximum atomic E-state index is 13.5. The number of rotatable bonds is 2. The quantitative estimate of drug-likeness (QED) is 0.760. The standard InChI is InChI=1S/C17H15FN2O/c1-10-5-3-6-11(2)14(10)16-15(17(19)20-21-16)12-7-4-8-13(18)9-12/h3-9H,1-2H3,(H2,19,20). The van der Waals surface area contributed by atoms with Crippen LogP contribution in [-0.4, -0.2) is 5.16 Å². The molecule has 21 heavy (non-hydrogen) atoms. The Morgan fingerprint density at radius 1 is 1.00 bits per heavy atom. The summed E-state index contributed by atoms with van der Waals surface area (Å²) >= 11 is 0. The maximum absolute atomic E-state index is 13.5. The van der Waals surface area contributed by atoms with Gasteiger partial charge in [0.05, 0.1) is 5.56 Å². The Bertz CT molecular complexity index is 788. The molecule has 0 spiro atoms. The number of nitrogens with two attached hydrogens (primary N) is 1. The molecule has 3 aromatic rings. The van der Waals surface area contributed by atoms with Gasteiger partial charge in [0.1, 0.15) is 5.82 Å². The molecule has 0 aliphatic rings. The highest BCUT2D eigenvalue weighted by Gasteiger charge is 2.20. The predicted octanol–water partition coefficient (Wildman–Crippen LogP) is 4.35. The number of nitrogens with zero attached hydrogens (tertiary/aromatic N) is 1. The number of benzene rings is 2. The number of aryl methyl sites for hydroxylation is 2. The van der Waals surface area contributed by atoms with Crippen molar-refractivity contribution in [2.24, 2.45) is 0 Å². The second-order valence-corrected chi connectivity index (χ2v) is 5.05. The van der Waals surface area contributed by atoms with Crippen molar-refractivity contribution in [1.29, 1.82) is 0 Å². The number of nitrogen functional groups attached to an aromatic ring is 1. The lowest BCUT2D eigenvalue weighted by Gasteiger charge is -2.08. The van der Waals surface area contributed by atoms with Crippen LogP contribution in [0, 0.1) is 19.7 Å². The second kappa shape index (κ2) is 5.05. The molecule has 0 unspecified atom stereocenters. The maximum Gasteiger partial charge on any atom is 0.177 e. The summed E-state index contributed by atoms with van der Waals surface area (Å²) in [5, 5.41) is 3.86. The van der Waals surface area contributed by atoms with Crippen molar-refractivity contribution >= 4 is 5.82 Å². The van der Waals surface area contributed by atoms with Crippen LogP contribution in [0.3, 0.4) is 0 Å². The van der Waals surface area contributed by atoms with Crippen molar-refractivity contribution in [3.05, 3.63) is 59.4 Å². The van der Waals surface area contributed by atoms with Crippen LogP contribution in [0.4, 0.5) is 10.2 Å². The van der Waals surface area contributed by atoms with E-state index in [9.17, 15) is 4.39 Å². The van der Waals surface area contributed by atoms with Crippen LogP contribution in [0.15, 0.2) is 47.0 Å². The van der Waals surface area contributed by atoms with E-state index in [4.69, 9.17) is 10.3 Å². The van der Waals surface area contributed by atoms with Crippen LogP contribution < -0.4 is 5.73 Å². The Hall–Kier alpha value is -2.62. The first-order valence-electron chi connectivity index (χ1n) is 6.65. The minimum Gasteiger partial charge on any atom is -0.380 e. The summed E-state index contributed by atoms with van der Waals surface area (Å²) in [6, 6.07) is 12.2. The Labute approximate surface area is 122 Å². The lowest BCUT2D eigenvalue weighted by atomic mass is 9.95. The zero-order valence-electron chi connectivity index (χ0n) is 11.9. The average Bonchev–Trinajstić information content (AvgIpc) is 2.80. The molecule has 2 N–H and O–H groups in total. The molecule has 0 aliphatic carbocycles. The summed E-state index contributed by atoms with van der Waals surface area (Å²) in [6.45, 7) is 3.99. The van der Waals surface area contributed by atoms with Crippen molar-refractivity contribution in [1.82, 2.24) is 5.16 Å². The molecular weight excluding hydrogens is 267 g/mol. The van der Waals surface area contributed by atoms with E-state index >= 15 is 0 Å². The highest BCUT2D eigenvalue weighted by atomic mass is 19.1. The number of anilines is 1. The molecule has 106 valence electrons. The van der Waals surface area contributed by atoms with E-state index in [-0.39, 0.29) is 11.6 Å². The third-order valence-corrected chi connectivity index (χ3v) is 3.54. The van der Waals surface area contributed by atoms with Gasteiger partial charge in [0.2, 0.25) is 0 Å². The number of aromatic nitrogens is 1. The Balaban J connectivity index is 2.27. The summed E-state index contributed by atoms with van der Waals surface area (Å²) in [5.41, 5.74) is 10.3. The number of hydrogen-bond donors (Lipinski definition) is 1. The van der Waals surface area contributed by atoms with Gasteiger partial charge in [-0.1, -0.05) is 35.5 Å². The Kier molecular flexibility index (Phi) is 3.22. The minimum absolute atomic E-state index is 0.262. The highest BCUT2D eigenvalue weighted by molar-refractivity contribution is 5.88. The van der Waals surface area contributed by atoms with Gasteiger partial charge in [0.25, 0.3) is 0 Å². The topological polar surface area (TPSA) is 52.0 Å². The van der Waals surface area contributed by atoms with Gasteiger partial charge < -0.3 is 10.3 Å². The van der Waals surface area contributed by atoms with Crippen LogP contribution in [0.1, 0.15) is 11.1 Å². The molecule has 0 aliphatic heterocycles. The summed E-state index contributed by atoms with van der Waals surface area (Å²) in [6.07, 6.45) is 0. The third-order valence-electron chi connectivity index (χ3n) is 3.54. The molecule has 1 heterocycles. The first-order valence-corrected chi connectivity index (χ1v) is 6.65. The van der Waals surface area contributed by atoms with Crippen molar-refractivity contribution in [3.8, 4) is 22.5 Å². The van der Waals surface area contributed by atoms with Crippen LogP contribution >= 0.6 is 0 Å². The van der Waals surface area contributed by atoms with E-state index in [2.05, 4.69) is 5.16 Å². The number of halogens is 1. The van der Waals surface area contributed by atoms with Crippen molar-refractivity contribution < 1.29 is 8.91 Å². The van der Waals surface area contributed by atoms with E-state index in [1.807, 2.05) is 32.0 Å². The molecule has 2 aromatic carbocycles. The molecule has 0 bridgehead atoms. The molecule has 3 rings (SSSR count). The van der Waals surface area contributed by atoms with E-state index in [0.29, 0.717) is 16.9 Å². The summed E-state index contributed by atoms with van der Waals surface area (Å²) in [7, 11) is 0. The lowest BCUT2D eigenvalue weighted by Crippen LogP contribution is -1.92. The van der Waals surface area contributed by atoms with Gasteiger partial charge in [-0.15, -0.1) is 0 Å². The zero-order chi connectivity index (χ0) is 15.0. The van der Waals surface area contributed by atoms with Crippen LogP contribution in [0.2, 0.25) is 0 Å². The number of hydrogen-bond acceptors (Lipinski definition) is 3. The molecule has 0 saturated carbocycles. The van der Waals surface area contributed by atoms with Crippen molar-refractivity contribution in [2.45, 2.75) is 13.8 Å². The molecule has 0 amide bonds. The van der Waals surface area contributed by atoms with E-state index < -0.39 is 0 Å². The normalized spacial score (nSPS) is 10.8. The van der Waals surface area contributed by atoms with Gasteiger partial charge in [0, 0.05) is 5.56 Å². The third kappa shape index (κ3) is 2.29. The van der Waals surface area contributed by atoms with Crippen molar-refractivity contribution in [3.63, 3.8) is 0 Å². The Morgan fingerprint density at radius 3 is 2.33 bits per heavy atom. The van der Waals surface area contributed by atoms with Crippen LogP contribution in [-0.2, 0) is 0 Å². The van der Waals surface area contributed by atoms with Crippen LogP contribution in [0.5, 0.6) is 0 Å². The molecule has 0 atom stereocenters. The molecule has 0 saturated heterocycles. The summed E-state index contributed by atoms with van der Waals surface area (Å²) < 4.78 is 18.9. The molecule has 4 heteroatoms. The van der Waals surface area contributed by atoms with Gasteiger partial charge in [-0.3, -0.25) is 0 Å². The van der Waals surface area contributed by atoms with Gasteiger partial charge in [-0.25, -0.2) is 4.39 Å². The largest absolute Gasteiger partial charge is 0.380 e. The van der Waals surface area contributed by atoms with Crippen LogP contribution in [0.25, 0.3) is 22.5 Å². The van der Waals surface area contributed by atoms with E-state index in [0.717, 1.165) is 16.7 Å². The molecule has 0 radical (unpaired) electrons. The van der Waals surface area contributed by atoms with Gasteiger partial charge in [-0.05, 0) is 42.7 Å². The summed E-state index contributed by atoms with van der Waals surface area (Å²) in [5.74, 6) is 0.521. The van der Waals surface area contributed by atoms with E-state index in [1.165, 1.54) is 12.1 Å². The van der Waals surface area contributed by atoms with Gasteiger partial charge in [-0.2, -0.15) is 0 Å². The minimum atomic E-state index is -0.319. The monoisotopic (exact) mass is 282 g/mol. The van der Waals surface area contributed by atoms with E-state index in [1.54, 1.807) is 12.1 Å². The highest BCUT2D eigenvalue weighted by Crippen LogP contribution is 2.39.